The molecule has 10 heteroatoms. The number of likely N-dealkylation sites (N-methyl/N-ethyl adjacent to an activating group) is 1. The summed E-state index contributed by atoms with van der Waals surface area (Å²) in [5.41, 5.74) is -0.922. The molecule has 4 rings (SSSR count). The summed E-state index contributed by atoms with van der Waals surface area (Å²) in [6.07, 6.45) is -3.31. The summed E-state index contributed by atoms with van der Waals surface area (Å²) in [6, 6.07) is 7.16. The first-order valence-corrected chi connectivity index (χ1v) is 12.7. The van der Waals surface area contributed by atoms with Gasteiger partial charge in [0.05, 0.1) is 11.1 Å². The standard InChI is InChI=1S/C28H32F5N3O2/c1-17(2)24(34-25(37)21-14-19(28(31,32)33)6-9-23(21)30)26(38)36-12-10-27(11-13-36)16-35(3)15-22(27)18-4-7-20(29)8-5-18/h4-9,14,17,22,24H,10-13,15-16H2,1-3H3,(H,34,37)/t22?,24-/m0/s1. The summed E-state index contributed by atoms with van der Waals surface area (Å²) in [5.74, 6) is -2.98. The van der Waals surface area contributed by atoms with Crippen LogP contribution in [0, 0.1) is 23.0 Å². The van der Waals surface area contributed by atoms with Gasteiger partial charge in [0.1, 0.15) is 17.7 Å². The fourth-order valence-electron chi connectivity index (χ4n) is 5.86. The number of alkyl halides is 3. The highest BCUT2D eigenvalue weighted by molar-refractivity contribution is 5.98. The highest BCUT2D eigenvalue weighted by Gasteiger charge is 2.48. The molecule has 2 saturated heterocycles. The van der Waals surface area contributed by atoms with Crippen LogP contribution in [0.4, 0.5) is 22.0 Å². The van der Waals surface area contributed by atoms with E-state index in [2.05, 4.69) is 10.2 Å². The van der Waals surface area contributed by atoms with E-state index in [1.54, 1.807) is 18.7 Å². The molecule has 2 aromatic rings. The van der Waals surface area contributed by atoms with Crippen LogP contribution in [0.5, 0.6) is 0 Å². The molecule has 0 bridgehead atoms. The van der Waals surface area contributed by atoms with Gasteiger partial charge in [-0.1, -0.05) is 26.0 Å². The van der Waals surface area contributed by atoms with Crippen LogP contribution in [0.15, 0.2) is 42.5 Å². The lowest BCUT2D eigenvalue weighted by atomic mass is 9.68. The Morgan fingerprint density at radius 1 is 1.03 bits per heavy atom. The first kappa shape index (κ1) is 28.0. The van der Waals surface area contributed by atoms with Gasteiger partial charge < -0.3 is 15.1 Å². The predicted octanol–water partition coefficient (Wildman–Crippen LogP) is 5.08. The topological polar surface area (TPSA) is 52.7 Å². The Labute approximate surface area is 219 Å². The molecular weight excluding hydrogens is 505 g/mol. The number of carbonyl (C=O) groups is 2. The zero-order chi connectivity index (χ0) is 27.8. The summed E-state index contributed by atoms with van der Waals surface area (Å²) in [4.78, 5) is 30.2. The maximum atomic E-state index is 14.3. The average Bonchev–Trinajstić information content (AvgIpc) is 3.17. The van der Waals surface area contributed by atoms with Crippen molar-refractivity contribution in [2.45, 2.75) is 44.8 Å². The number of halogens is 5. The SMILES string of the molecule is CC(C)[C@H](NC(=O)c1cc(C(F)(F)F)ccc1F)C(=O)N1CCC2(CC1)CN(C)CC2c1ccc(F)cc1. The van der Waals surface area contributed by atoms with Gasteiger partial charge in [-0.3, -0.25) is 9.59 Å². The van der Waals surface area contributed by atoms with Crippen molar-refractivity contribution in [3.63, 3.8) is 0 Å². The summed E-state index contributed by atoms with van der Waals surface area (Å²) in [6.45, 7) is 5.99. The second kappa shape index (κ2) is 10.6. The zero-order valence-corrected chi connectivity index (χ0v) is 21.6. The fraction of sp³-hybridized carbons (Fsp3) is 0.500. The summed E-state index contributed by atoms with van der Waals surface area (Å²) in [5, 5.41) is 2.48. The van der Waals surface area contributed by atoms with Crippen LogP contribution in [0.25, 0.3) is 0 Å². The van der Waals surface area contributed by atoms with Crippen LogP contribution in [0.1, 0.15) is 54.1 Å². The van der Waals surface area contributed by atoms with Gasteiger partial charge in [0.25, 0.3) is 5.91 Å². The number of hydrogen-bond acceptors (Lipinski definition) is 3. The van der Waals surface area contributed by atoms with E-state index < -0.39 is 35.1 Å². The second-order valence-electron chi connectivity index (χ2n) is 10.9. The molecule has 0 aromatic heterocycles. The number of piperidine rings is 1. The maximum Gasteiger partial charge on any atom is 0.416 e. The van der Waals surface area contributed by atoms with E-state index in [1.807, 2.05) is 19.2 Å². The Morgan fingerprint density at radius 2 is 1.66 bits per heavy atom. The molecular formula is C28H32F5N3O2. The molecule has 2 fully saturated rings. The number of rotatable bonds is 5. The van der Waals surface area contributed by atoms with Gasteiger partial charge in [-0.2, -0.15) is 13.2 Å². The summed E-state index contributed by atoms with van der Waals surface area (Å²) >= 11 is 0. The molecule has 2 aromatic carbocycles. The highest BCUT2D eigenvalue weighted by Crippen LogP contribution is 2.49. The molecule has 1 N–H and O–H groups in total. The fourth-order valence-corrected chi connectivity index (χ4v) is 5.86. The molecule has 2 aliphatic heterocycles. The minimum atomic E-state index is -4.74. The largest absolute Gasteiger partial charge is 0.416 e. The number of hydrogen-bond donors (Lipinski definition) is 1. The molecule has 0 aliphatic carbocycles. The molecule has 0 radical (unpaired) electrons. The molecule has 2 atom stereocenters. The molecule has 1 unspecified atom stereocenters. The average molecular weight is 538 g/mol. The van der Waals surface area contributed by atoms with Crippen molar-refractivity contribution in [3.8, 4) is 0 Å². The Morgan fingerprint density at radius 3 is 2.24 bits per heavy atom. The Balaban J connectivity index is 1.47. The van der Waals surface area contributed by atoms with Crippen molar-refractivity contribution >= 4 is 11.8 Å². The lowest BCUT2D eigenvalue weighted by Crippen LogP contribution is -2.54. The van der Waals surface area contributed by atoms with Crippen LogP contribution < -0.4 is 5.32 Å². The zero-order valence-electron chi connectivity index (χ0n) is 21.6. The third-order valence-electron chi connectivity index (χ3n) is 7.92. The first-order valence-electron chi connectivity index (χ1n) is 12.7. The van der Waals surface area contributed by atoms with Crippen molar-refractivity contribution in [2.75, 3.05) is 33.2 Å². The van der Waals surface area contributed by atoms with Crippen LogP contribution in [-0.4, -0.2) is 60.9 Å². The second-order valence-corrected chi connectivity index (χ2v) is 10.9. The molecule has 1 spiro atoms. The number of carbonyl (C=O) groups excluding carboxylic acids is 2. The minimum Gasteiger partial charge on any atom is -0.341 e. The molecule has 5 nitrogen and oxygen atoms in total. The van der Waals surface area contributed by atoms with E-state index in [0.29, 0.717) is 44.1 Å². The van der Waals surface area contributed by atoms with E-state index in [0.717, 1.165) is 18.7 Å². The normalized spacial score (nSPS) is 20.7. The first-order chi connectivity index (χ1) is 17.8. The molecule has 206 valence electrons. The summed E-state index contributed by atoms with van der Waals surface area (Å²) in [7, 11) is 2.04. The Kier molecular flexibility index (Phi) is 7.84. The van der Waals surface area contributed by atoms with Crippen molar-refractivity contribution in [1.29, 1.82) is 0 Å². The van der Waals surface area contributed by atoms with Gasteiger partial charge in [-0.25, -0.2) is 8.78 Å². The van der Waals surface area contributed by atoms with E-state index in [9.17, 15) is 31.5 Å². The van der Waals surface area contributed by atoms with Gasteiger partial charge in [0.15, 0.2) is 0 Å². The van der Waals surface area contributed by atoms with Gasteiger partial charge in [-0.05, 0) is 67.1 Å². The number of benzene rings is 2. The lowest BCUT2D eigenvalue weighted by molar-refractivity contribution is -0.138. The third-order valence-corrected chi connectivity index (χ3v) is 7.92. The molecule has 2 aliphatic rings. The molecule has 2 amide bonds. The lowest BCUT2D eigenvalue weighted by Gasteiger charge is -2.44. The molecule has 0 saturated carbocycles. The van der Waals surface area contributed by atoms with Gasteiger partial charge in [0.2, 0.25) is 5.91 Å². The smallest absolute Gasteiger partial charge is 0.341 e. The monoisotopic (exact) mass is 537 g/mol. The number of nitrogens with one attached hydrogen (secondary N) is 1. The Hall–Kier alpha value is -3.01. The van der Waals surface area contributed by atoms with Crippen LogP contribution in [0.3, 0.4) is 0 Å². The molecule has 38 heavy (non-hydrogen) atoms. The van der Waals surface area contributed by atoms with E-state index in [4.69, 9.17) is 0 Å². The van der Waals surface area contributed by atoms with Crippen molar-refractivity contribution in [2.24, 2.45) is 11.3 Å². The van der Waals surface area contributed by atoms with E-state index in [1.165, 1.54) is 12.1 Å². The van der Waals surface area contributed by atoms with Crippen LogP contribution >= 0.6 is 0 Å². The van der Waals surface area contributed by atoms with Gasteiger partial charge in [-0.15, -0.1) is 0 Å². The maximum absolute atomic E-state index is 14.3. The highest BCUT2D eigenvalue weighted by atomic mass is 19.4. The van der Waals surface area contributed by atoms with E-state index in [-0.39, 0.29) is 29.0 Å². The van der Waals surface area contributed by atoms with Crippen LogP contribution in [-0.2, 0) is 11.0 Å². The summed E-state index contributed by atoms with van der Waals surface area (Å²) < 4.78 is 67.1. The van der Waals surface area contributed by atoms with Gasteiger partial charge >= 0.3 is 6.18 Å². The van der Waals surface area contributed by atoms with Crippen molar-refractivity contribution in [3.05, 3.63) is 70.8 Å². The van der Waals surface area contributed by atoms with E-state index >= 15 is 0 Å². The quantitative estimate of drug-likeness (QED) is 0.542. The van der Waals surface area contributed by atoms with Crippen LogP contribution in [0.2, 0.25) is 0 Å². The van der Waals surface area contributed by atoms with Crippen molar-refractivity contribution < 1.29 is 31.5 Å². The Bertz CT molecular complexity index is 1170. The number of amides is 2. The molecule has 2 heterocycles. The number of likely N-dealkylation sites (tertiary alicyclic amines) is 2. The minimum absolute atomic E-state index is 0.0822. The third kappa shape index (κ3) is 5.70. The predicted molar refractivity (Wildman–Crippen MR) is 132 cm³/mol. The number of nitrogens with zero attached hydrogens (tertiary/aromatic N) is 2. The van der Waals surface area contributed by atoms with Gasteiger partial charge in [0, 0.05) is 32.1 Å². The van der Waals surface area contributed by atoms with Crippen molar-refractivity contribution in [1.82, 2.24) is 15.1 Å².